The molecule has 20 heavy (non-hydrogen) atoms. The lowest BCUT2D eigenvalue weighted by Gasteiger charge is -2.43. The van der Waals surface area contributed by atoms with Gasteiger partial charge >= 0.3 is 0 Å². The Morgan fingerprint density at radius 2 is 1.95 bits per heavy atom. The van der Waals surface area contributed by atoms with Crippen molar-refractivity contribution in [2.45, 2.75) is 57.8 Å². The summed E-state index contributed by atoms with van der Waals surface area (Å²) in [6, 6.07) is 8.93. The van der Waals surface area contributed by atoms with Gasteiger partial charge in [-0.05, 0) is 44.0 Å². The van der Waals surface area contributed by atoms with Crippen molar-refractivity contribution in [3.8, 4) is 5.75 Å². The van der Waals surface area contributed by atoms with Gasteiger partial charge in [0.25, 0.3) is 0 Å². The third kappa shape index (κ3) is 3.33. The second-order valence-electron chi connectivity index (χ2n) is 5.59. The van der Waals surface area contributed by atoms with E-state index in [0.717, 1.165) is 18.8 Å². The summed E-state index contributed by atoms with van der Waals surface area (Å²) in [5.74, 6) is 1.55. The number of ether oxygens (including phenoxy) is 2. The Kier molecular flexibility index (Phi) is 5.44. The molecule has 1 fully saturated rings. The molecular weight excluding hydrogens is 250 g/mol. The Labute approximate surface area is 122 Å². The fourth-order valence-corrected chi connectivity index (χ4v) is 2.68. The van der Waals surface area contributed by atoms with E-state index in [-0.39, 0.29) is 12.2 Å². The Morgan fingerprint density at radius 3 is 2.50 bits per heavy atom. The van der Waals surface area contributed by atoms with Crippen LogP contribution in [-0.4, -0.2) is 31.9 Å². The quantitative estimate of drug-likeness (QED) is 0.829. The van der Waals surface area contributed by atoms with E-state index in [0.29, 0.717) is 12.0 Å². The van der Waals surface area contributed by atoms with Gasteiger partial charge in [0.2, 0.25) is 0 Å². The van der Waals surface area contributed by atoms with Gasteiger partial charge in [-0.15, -0.1) is 0 Å². The molecule has 1 aromatic carbocycles. The molecule has 3 nitrogen and oxygen atoms in total. The van der Waals surface area contributed by atoms with Crippen LogP contribution in [0.4, 0.5) is 0 Å². The van der Waals surface area contributed by atoms with Gasteiger partial charge in [-0.3, -0.25) is 0 Å². The van der Waals surface area contributed by atoms with E-state index in [1.807, 2.05) is 14.0 Å². The second kappa shape index (κ2) is 7.09. The summed E-state index contributed by atoms with van der Waals surface area (Å²) >= 11 is 0. The van der Waals surface area contributed by atoms with Crippen LogP contribution in [0.2, 0.25) is 0 Å². The van der Waals surface area contributed by atoms with Crippen LogP contribution >= 0.6 is 0 Å². The molecule has 0 heterocycles. The van der Waals surface area contributed by atoms with E-state index < -0.39 is 0 Å². The molecule has 112 valence electrons. The Bertz CT molecular complexity index is 404. The van der Waals surface area contributed by atoms with Gasteiger partial charge in [-0.1, -0.05) is 26.0 Å². The van der Waals surface area contributed by atoms with Crippen LogP contribution in [0.1, 0.15) is 45.1 Å². The summed E-state index contributed by atoms with van der Waals surface area (Å²) in [5, 5.41) is 3.28. The minimum absolute atomic E-state index is 0.166. The molecule has 0 spiro atoms. The molecule has 0 saturated heterocycles. The van der Waals surface area contributed by atoms with Gasteiger partial charge < -0.3 is 14.8 Å². The molecule has 1 aliphatic rings. The maximum atomic E-state index is 6.05. The normalized spacial score (nSPS) is 26.9. The first-order valence-corrected chi connectivity index (χ1v) is 7.75. The molecule has 1 N–H and O–H groups in total. The van der Waals surface area contributed by atoms with Crippen molar-refractivity contribution in [1.82, 2.24) is 5.32 Å². The number of hydrogen-bond donors (Lipinski definition) is 1. The number of hydrogen-bond acceptors (Lipinski definition) is 3. The maximum absolute atomic E-state index is 6.05. The highest BCUT2D eigenvalue weighted by Gasteiger charge is 2.42. The SMILES string of the molecule is CCOC1C(NC)CC1Oc1ccc(C(C)CC)cc1. The molecular formula is C17H27NO2. The smallest absolute Gasteiger partial charge is 0.128 e. The third-order valence-corrected chi connectivity index (χ3v) is 4.33. The predicted molar refractivity (Wildman–Crippen MR) is 82.4 cm³/mol. The molecule has 0 radical (unpaired) electrons. The zero-order valence-corrected chi connectivity index (χ0v) is 13.1. The molecule has 4 unspecified atom stereocenters. The van der Waals surface area contributed by atoms with Crippen LogP contribution in [0.5, 0.6) is 5.75 Å². The van der Waals surface area contributed by atoms with Crippen LogP contribution in [0, 0.1) is 0 Å². The highest BCUT2D eigenvalue weighted by Crippen LogP contribution is 2.30. The summed E-state index contributed by atoms with van der Waals surface area (Å²) < 4.78 is 11.8. The number of likely N-dealkylation sites (N-methyl/N-ethyl adjacent to an activating group) is 1. The molecule has 3 heteroatoms. The molecule has 1 saturated carbocycles. The standard InChI is InChI=1S/C17H27NO2/c1-5-12(3)13-7-9-14(10-8-13)20-16-11-15(18-4)17(16)19-6-2/h7-10,12,15-18H,5-6,11H2,1-4H3. The molecule has 0 bridgehead atoms. The average Bonchev–Trinajstić information content (AvgIpc) is 2.48. The lowest BCUT2D eigenvalue weighted by atomic mass is 9.85. The largest absolute Gasteiger partial charge is 0.488 e. The minimum atomic E-state index is 0.166. The predicted octanol–water partition coefficient (Wildman–Crippen LogP) is 3.34. The van der Waals surface area contributed by atoms with Crippen LogP contribution in [0.15, 0.2) is 24.3 Å². The highest BCUT2D eigenvalue weighted by molar-refractivity contribution is 5.29. The van der Waals surface area contributed by atoms with Gasteiger partial charge in [-0.25, -0.2) is 0 Å². The molecule has 0 amide bonds. The van der Waals surface area contributed by atoms with Gasteiger partial charge in [-0.2, -0.15) is 0 Å². The van der Waals surface area contributed by atoms with E-state index in [2.05, 4.69) is 43.4 Å². The van der Waals surface area contributed by atoms with E-state index in [1.165, 1.54) is 12.0 Å². The summed E-state index contributed by atoms with van der Waals surface area (Å²) in [7, 11) is 1.98. The van der Waals surface area contributed by atoms with Crippen LogP contribution in [0.25, 0.3) is 0 Å². The molecule has 1 aromatic rings. The van der Waals surface area contributed by atoms with Crippen LogP contribution in [-0.2, 0) is 4.74 Å². The first-order valence-electron chi connectivity index (χ1n) is 7.75. The first kappa shape index (κ1) is 15.3. The minimum Gasteiger partial charge on any atom is -0.488 e. The second-order valence-corrected chi connectivity index (χ2v) is 5.59. The number of nitrogens with one attached hydrogen (secondary N) is 1. The molecule has 4 atom stereocenters. The molecule has 2 rings (SSSR count). The highest BCUT2D eigenvalue weighted by atomic mass is 16.5. The average molecular weight is 277 g/mol. The molecule has 0 aliphatic heterocycles. The Hall–Kier alpha value is -1.06. The van der Waals surface area contributed by atoms with Crippen molar-refractivity contribution in [1.29, 1.82) is 0 Å². The van der Waals surface area contributed by atoms with Crippen molar-refractivity contribution in [2.24, 2.45) is 0 Å². The Balaban J connectivity index is 1.93. The van der Waals surface area contributed by atoms with Crippen molar-refractivity contribution in [2.75, 3.05) is 13.7 Å². The number of benzene rings is 1. The van der Waals surface area contributed by atoms with Crippen molar-refractivity contribution in [3.05, 3.63) is 29.8 Å². The third-order valence-electron chi connectivity index (χ3n) is 4.33. The molecule has 1 aliphatic carbocycles. The van der Waals surface area contributed by atoms with Crippen LogP contribution in [0.3, 0.4) is 0 Å². The Morgan fingerprint density at radius 1 is 1.25 bits per heavy atom. The van der Waals surface area contributed by atoms with Crippen molar-refractivity contribution >= 4 is 0 Å². The number of rotatable bonds is 7. The van der Waals surface area contributed by atoms with E-state index in [4.69, 9.17) is 9.47 Å². The summed E-state index contributed by atoms with van der Waals surface area (Å²) in [4.78, 5) is 0. The zero-order valence-electron chi connectivity index (χ0n) is 13.1. The van der Waals surface area contributed by atoms with Crippen molar-refractivity contribution in [3.63, 3.8) is 0 Å². The fraction of sp³-hybridized carbons (Fsp3) is 0.647. The summed E-state index contributed by atoms with van der Waals surface area (Å²) in [6.07, 6.45) is 2.51. The fourth-order valence-electron chi connectivity index (χ4n) is 2.68. The van der Waals surface area contributed by atoms with E-state index in [1.54, 1.807) is 0 Å². The summed E-state index contributed by atoms with van der Waals surface area (Å²) in [5.41, 5.74) is 1.38. The first-order chi connectivity index (χ1) is 9.69. The zero-order chi connectivity index (χ0) is 14.5. The van der Waals surface area contributed by atoms with Gasteiger partial charge in [0, 0.05) is 19.1 Å². The van der Waals surface area contributed by atoms with E-state index >= 15 is 0 Å². The van der Waals surface area contributed by atoms with E-state index in [9.17, 15) is 0 Å². The maximum Gasteiger partial charge on any atom is 0.128 e. The summed E-state index contributed by atoms with van der Waals surface area (Å²) in [6.45, 7) is 7.23. The lowest BCUT2D eigenvalue weighted by molar-refractivity contribution is -0.103. The lowest BCUT2D eigenvalue weighted by Crippen LogP contribution is -2.60. The van der Waals surface area contributed by atoms with Gasteiger partial charge in [0.05, 0.1) is 0 Å². The topological polar surface area (TPSA) is 30.5 Å². The van der Waals surface area contributed by atoms with Gasteiger partial charge in [0.1, 0.15) is 18.0 Å². The van der Waals surface area contributed by atoms with Gasteiger partial charge in [0.15, 0.2) is 0 Å². The molecule has 0 aromatic heterocycles. The van der Waals surface area contributed by atoms with Crippen LogP contribution < -0.4 is 10.1 Å². The van der Waals surface area contributed by atoms with Crippen molar-refractivity contribution < 1.29 is 9.47 Å². The monoisotopic (exact) mass is 277 g/mol.